The Morgan fingerprint density at radius 2 is 2.23 bits per heavy atom. The fourth-order valence-corrected chi connectivity index (χ4v) is 1.88. The number of amides is 1. The van der Waals surface area contributed by atoms with E-state index in [0.717, 1.165) is 5.01 Å². The molecule has 72 valence electrons. The minimum atomic E-state index is -0.484. The molecule has 0 unspecified atom stereocenters. The first-order valence-corrected chi connectivity index (χ1v) is 4.79. The summed E-state index contributed by atoms with van der Waals surface area (Å²) in [6.45, 7) is 5.78. The van der Waals surface area contributed by atoms with E-state index in [4.69, 9.17) is 5.21 Å². The number of carbonyl (C=O) groups excluding carboxylic acids is 1. The molecule has 0 bridgehead atoms. The molecule has 0 radical (unpaired) electrons. The lowest BCUT2D eigenvalue weighted by Crippen LogP contribution is -2.18. The minimum absolute atomic E-state index is 0.309. The second-order valence-electron chi connectivity index (χ2n) is 3.06. The molecule has 0 aliphatic heterocycles. The smallest absolute Gasteiger partial charge is 0.286 e. The zero-order valence-electron chi connectivity index (χ0n) is 7.79. The molecule has 0 saturated heterocycles. The average Bonchev–Trinajstić information content (AvgIpc) is 2.46. The van der Waals surface area contributed by atoms with Gasteiger partial charge in [0.15, 0.2) is 0 Å². The van der Waals surface area contributed by atoms with Crippen LogP contribution in [0.3, 0.4) is 0 Å². The van der Waals surface area contributed by atoms with E-state index in [2.05, 4.69) is 4.98 Å². The van der Waals surface area contributed by atoms with Crippen molar-refractivity contribution >= 4 is 17.2 Å². The molecule has 1 aromatic heterocycles. The molecule has 1 heterocycles. The van der Waals surface area contributed by atoms with Gasteiger partial charge in [0, 0.05) is 5.92 Å². The molecular formula is C8H12N2O2S. The highest BCUT2D eigenvalue weighted by molar-refractivity contribution is 7.13. The van der Waals surface area contributed by atoms with Crippen LogP contribution in [0.25, 0.3) is 0 Å². The Morgan fingerprint density at radius 1 is 1.62 bits per heavy atom. The van der Waals surface area contributed by atoms with Gasteiger partial charge < -0.3 is 0 Å². The van der Waals surface area contributed by atoms with E-state index >= 15 is 0 Å². The maximum Gasteiger partial charge on any atom is 0.286 e. The van der Waals surface area contributed by atoms with E-state index < -0.39 is 5.91 Å². The molecule has 0 fully saturated rings. The molecule has 0 atom stereocenters. The van der Waals surface area contributed by atoms with Gasteiger partial charge in [0.25, 0.3) is 5.91 Å². The van der Waals surface area contributed by atoms with Crippen LogP contribution < -0.4 is 5.48 Å². The van der Waals surface area contributed by atoms with Gasteiger partial charge >= 0.3 is 0 Å². The number of nitrogens with one attached hydrogen (secondary N) is 1. The Bertz CT molecular complexity index is 320. The predicted molar refractivity (Wildman–Crippen MR) is 50.2 cm³/mol. The Hall–Kier alpha value is -0.940. The quantitative estimate of drug-likeness (QED) is 0.564. The molecule has 2 N–H and O–H groups in total. The van der Waals surface area contributed by atoms with Crippen molar-refractivity contribution in [2.75, 3.05) is 0 Å². The molecule has 0 aromatic carbocycles. The highest BCUT2D eigenvalue weighted by atomic mass is 32.1. The topological polar surface area (TPSA) is 62.2 Å². The van der Waals surface area contributed by atoms with E-state index in [1.54, 1.807) is 12.4 Å². The van der Waals surface area contributed by atoms with Gasteiger partial charge in [-0.1, -0.05) is 13.8 Å². The summed E-state index contributed by atoms with van der Waals surface area (Å²) in [6.07, 6.45) is 0. The van der Waals surface area contributed by atoms with Gasteiger partial charge in [-0.05, 0) is 6.92 Å². The summed E-state index contributed by atoms with van der Waals surface area (Å²) in [4.78, 5) is 15.8. The Morgan fingerprint density at radius 3 is 2.62 bits per heavy atom. The lowest BCUT2D eigenvalue weighted by Gasteiger charge is -1.95. The molecule has 1 aromatic rings. The molecule has 0 saturated carbocycles. The standard InChI is InChI=1S/C8H12N2O2S/c1-4(2)8-9-5(3)6(13-8)7(11)10-12/h4,12H,1-3H3,(H,10,11). The third-order valence-electron chi connectivity index (χ3n) is 1.61. The monoisotopic (exact) mass is 200 g/mol. The summed E-state index contributed by atoms with van der Waals surface area (Å²) >= 11 is 1.32. The third kappa shape index (κ3) is 2.05. The summed E-state index contributed by atoms with van der Waals surface area (Å²) in [5, 5.41) is 9.35. The number of nitrogens with zero attached hydrogens (tertiary/aromatic N) is 1. The molecule has 0 aliphatic carbocycles. The van der Waals surface area contributed by atoms with E-state index in [-0.39, 0.29) is 0 Å². The van der Waals surface area contributed by atoms with Crippen LogP contribution >= 0.6 is 11.3 Å². The van der Waals surface area contributed by atoms with Gasteiger partial charge in [-0.25, -0.2) is 10.5 Å². The van der Waals surface area contributed by atoms with Crippen LogP contribution in [0.2, 0.25) is 0 Å². The van der Waals surface area contributed by atoms with Gasteiger partial charge in [0.2, 0.25) is 0 Å². The average molecular weight is 200 g/mol. The zero-order chi connectivity index (χ0) is 10.0. The Kier molecular flexibility index (Phi) is 3.00. The summed E-state index contributed by atoms with van der Waals surface area (Å²) in [5.41, 5.74) is 2.27. The van der Waals surface area contributed by atoms with Crippen molar-refractivity contribution in [1.82, 2.24) is 10.5 Å². The van der Waals surface area contributed by atoms with Crippen LogP contribution in [0.15, 0.2) is 0 Å². The molecule has 0 aliphatic rings. The number of thiazole rings is 1. The van der Waals surface area contributed by atoms with Crippen LogP contribution in [-0.2, 0) is 0 Å². The summed E-state index contributed by atoms with van der Waals surface area (Å²) in [7, 11) is 0. The van der Waals surface area contributed by atoms with Crippen molar-refractivity contribution in [3.63, 3.8) is 0 Å². The van der Waals surface area contributed by atoms with Crippen molar-refractivity contribution in [1.29, 1.82) is 0 Å². The zero-order valence-corrected chi connectivity index (χ0v) is 8.60. The van der Waals surface area contributed by atoms with Crippen LogP contribution in [0.1, 0.15) is 40.1 Å². The van der Waals surface area contributed by atoms with Crippen LogP contribution in [-0.4, -0.2) is 16.1 Å². The van der Waals surface area contributed by atoms with Crippen molar-refractivity contribution in [3.8, 4) is 0 Å². The van der Waals surface area contributed by atoms with Gasteiger partial charge in [0.1, 0.15) is 4.88 Å². The molecular weight excluding hydrogens is 188 g/mol. The van der Waals surface area contributed by atoms with Crippen molar-refractivity contribution in [2.24, 2.45) is 0 Å². The van der Waals surface area contributed by atoms with E-state index in [1.807, 2.05) is 13.8 Å². The Balaban J connectivity index is 3.03. The van der Waals surface area contributed by atoms with Crippen LogP contribution in [0.4, 0.5) is 0 Å². The molecule has 13 heavy (non-hydrogen) atoms. The first kappa shape index (κ1) is 10.1. The third-order valence-corrected chi connectivity index (χ3v) is 3.07. The number of rotatable bonds is 2. The molecule has 5 heteroatoms. The van der Waals surface area contributed by atoms with Crippen LogP contribution in [0, 0.1) is 6.92 Å². The lowest BCUT2D eigenvalue weighted by atomic mass is 10.2. The first-order chi connectivity index (χ1) is 6.06. The van der Waals surface area contributed by atoms with E-state index in [9.17, 15) is 4.79 Å². The van der Waals surface area contributed by atoms with Crippen LogP contribution in [0.5, 0.6) is 0 Å². The SMILES string of the molecule is Cc1nc(C(C)C)sc1C(=O)NO. The van der Waals surface area contributed by atoms with Gasteiger partial charge in [-0.3, -0.25) is 10.0 Å². The summed E-state index contributed by atoms with van der Waals surface area (Å²) in [5.74, 6) is -0.175. The summed E-state index contributed by atoms with van der Waals surface area (Å²) < 4.78 is 0. The van der Waals surface area contributed by atoms with E-state index in [0.29, 0.717) is 16.5 Å². The van der Waals surface area contributed by atoms with Gasteiger partial charge in [-0.15, -0.1) is 11.3 Å². The van der Waals surface area contributed by atoms with Crippen molar-refractivity contribution in [2.45, 2.75) is 26.7 Å². The number of hydrogen-bond acceptors (Lipinski definition) is 4. The lowest BCUT2D eigenvalue weighted by molar-refractivity contribution is 0.0710. The fraction of sp³-hybridized carbons (Fsp3) is 0.500. The fourth-order valence-electron chi connectivity index (χ4n) is 0.926. The number of aromatic nitrogens is 1. The molecule has 1 rings (SSSR count). The largest absolute Gasteiger partial charge is 0.288 e. The number of hydrogen-bond donors (Lipinski definition) is 2. The predicted octanol–water partition coefficient (Wildman–Crippen LogP) is 1.69. The second kappa shape index (κ2) is 3.85. The highest BCUT2D eigenvalue weighted by Crippen LogP contribution is 2.24. The highest BCUT2D eigenvalue weighted by Gasteiger charge is 2.15. The number of carbonyl (C=O) groups is 1. The molecule has 1 amide bonds. The molecule has 4 nitrogen and oxygen atoms in total. The minimum Gasteiger partial charge on any atom is -0.288 e. The van der Waals surface area contributed by atoms with Crippen molar-refractivity contribution in [3.05, 3.63) is 15.6 Å². The number of aryl methyl sites for hydroxylation is 1. The maximum absolute atomic E-state index is 11.1. The van der Waals surface area contributed by atoms with E-state index in [1.165, 1.54) is 11.3 Å². The second-order valence-corrected chi connectivity index (χ2v) is 4.09. The van der Waals surface area contributed by atoms with Crippen molar-refractivity contribution < 1.29 is 10.0 Å². The van der Waals surface area contributed by atoms with Gasteiger partial charge in [-0.2, -0.15) is 0 Å². The number of hydroxylamine groups is 1. The Labute approximate surface area is 80.6 Å². The normalized spacial score (nSPS) is 10.5. The first-order valence-electron chi connectivity index (χ1n) is 3.98. The molecule has 0 spiro atoms. The van der Waals surface area contributed by atoms with Gasteiger partial charge in [0.05, 0.1) is 10.7 Å². The maximum atomic E-state index is 11.1. The summed E-state index contributed by atoms with van der Waals surface area (Å²) in [6, 6.07) is 0.